The summed E-state index contributed by atoms with van der Waals surface area (Å²) in [6.07, 6.45) is 18.7. The maximum absolute atomic E-state index is 14.4. The molecule has 49 heavy (non-hydrogen) atoms. The van der Waals surface area contributed by atoms with Crippen molar-refractivity contribution >= 4 is 11.9 Å². The molecular formula is C42H56N2O5. The molecule has 5 atom stereocenters. The van der Waals surface area contributed by atoms with Crippen LogP contribution in [0.2, 0.25) is 0 Å². The fourth-order valence-corrected chi connectivity index (χ4v) is 10.6. The zero-order valence-corrected chi connectivity index (χ0v) is 29.5. The Kier molecular flexibility index (Phi) is 10.4. The second-order valence-electron chi connectivity index (χ2n) is 15.6. The average Bonchev–Trinajstić information content (AvgIpc) is 3.45. The van der Waals surface area contributed by atoms with Gasteiger partial charge in [-0.15, -0.1) is 6.58 Å². The molecule has 264 valence electrons. The first-order valence-corrected chi connectivity index (χ1v) is 19.3. The van der Waals surface area contributed by atoms with Gasteiger partial charge >= 0.3 is 5.97 Å². The van der Waals surface area contributed by atoms with E-state index in [0.717, 1.165) is 82.1 Å². The number of unbranched alkanes of at least 4 members (excludes halogenated alkanes) is 4. The van der Waals surface area contributed by atoms with Gasteiger partial charge in [-0.25, -0.2) is 0 Å². The predicted octanol–water partition coefficient (Wildman–Crippen LogP) is 7.90. The van der Waals surface area contributed by atoms with Crippen LogP contribution in [-0.2, 0) is 27.8 Å². The molecule has 3 fully saturated rings. The smallest absolute Gasteiger partial charge is 0.308 e. The van der Waals surface area contributed by atoms with Crippen LogP contribution in [0.25, 0.3) is 0 Å². The Hall–Kier alpha value is -3.32. The lowest BCUT2D eigenvalue weighted by atomic mass is 9.50. The number of aryl methyl sites for hydroxylation is 1. The molecule has 2 bridgehead atoms. The predicted molar refractivity (Wildman–Crippen MR) is 192 cm³/mol. The number of carbonyl (C=O) groups excluding carboxylic acids is 2. The highest BCUT2D eigenvalue weighted by molar-refractivity contribution is 5.77. The highest BCUT2D eigenvalue weighted by atomic mass is 16.6. The average molecular weight is 669 g/mol. The highest BCUT2D eigenvalue weighted by Crippen LogP contribution is 2.65. The van der Waals surface area contributed by atoms with Crippen molar-refractivity contribution in [3.8, 4) is 17.2 Å². The van der Waals surface area contributed by atoms with Crippen LogP contribution >= 0.6 is 0 Å². The third kappa shape index (κ3) is 6.64. The molecule has 7 rings (SSSR count). The second-order valence-corrected chi connectivity index (χ2v) is 15.6. The summed E-state index contributed by atoms with van der Waals surface area (Å²) in [6, 6.07) is 12.5. The summed E-state index contributed by atoms with van der Waals surface area (Å²) < 4.78 is 12.8. The molecule has 1 spiro atoms. The van der Waals surface area contributed by atoms with Crippen molar-refractivity contribution in [2.45, 2.75) is 133 Å². The fourth-order valence-electron chi connectivity index (χ4n) is 10.6. The number of phenolic OH excluding ortho intramolecular Hbond substituents is 1. The SMILES string of the molecule is C=CCN1CC[C@]23c4c5c(O)cc(OC(C)=O)c4O[C@H]2[C@H](N(CC2CCCCC2)C(=O)CCCCCCCc2ccccc2)CC[C@H]3[C@H]1C5. The molecule has 7 heteroatoms. The first-order valence-electron chi connectivity index (χ1n) is 19.3. The van der Waals surface area contributed by atoms with Crippen LogP contribution in [0.3, 0.4) is 0 Å². The second kappa shape index (κ2) is 14.9. The van der Waals surface area contributed by atoms with E-state index < -0.39 is 5.97 Å². The van der Waals surface area contributed by atoms with E-state index in [2.05, 4.69) is 46.7 Å². The Labute approximate surface area is 293 Å². The molecule has 2 aromatic carbocycles. The number of hydrogen-bond acceptors (Lipinski definition) is 6. The summed E-state index contributed by atoms with van der Waals surface area (Å²) in [6.45, 7) is 7.98. The number of piperidine rings is 1. The molecule has 2 aromatic rings. The van der Waals surface area contributed by atoms with Crippen molar-refractivity contribution in [3.05, 3.63) is 65.7 Å². The molecule has 0 aromatic heterocycles. The van der Waals surface area contributed by atoms with Gasteiger partial charge < -0.3 is 19.5 Å². The lowest BCUT2D eigenvalue weighted by molar-refractivity contribution is -0.144. The molecule has 0 unspecified atom stereocenters. The van der Waals surface area contributed by atoms with Gasteiger partial charge in [0, 0.05) is 55.1 Å². The van der Waals surface area contributed by atoms with Crippen LogP contribution in [0.5, 0.6) is 17.2 Å². The van der Waals surface area contributed by atoms with Gasteiger partial charge in [0.25, 0.3) is 0 Å². The molecule has 1 amide bonds. The third-order valence-electron chi connectivity index (χ3n) is 12.7. The van der Waals surface area contributed by atoms with Gasteiger partial charge in [-0.2, -0.15) is 0 Å². The standard InChI is InChI=1S/C42H56N2O5/c1-3-24-43-25-23-42-33-21-22-34(41(42)49-40-37(48-29(2)45)27-36(46)32(39(40)42)26-35(33)43)44(28-31-18-12-8-13-19-31)38(47)20-14-6-4-5-9-15-30-16-10-7-11-17-30/h3,7,10-11,16-17,27,31,33-35,41,46H,1,4-6,8-9,12-15,18-26,28H2,2H3/t33-,34+,35+,41-,42-/m0/s1. The minimum Gasteiger partial charge on any atom is -0.508 e. The Balaban J connectivity index is 1.13. The number of ether oxygens (including phenoxy) is 2. The maximum Gasteiger partial charge on any atom is 0.308 e. The molecular weight excluding hydrogens is 612 g/mol. The quantitative estimate of drug-likeness (QED) is 0.0955. The van der Waals surface area contributed by atoms with Crippen LogP contribution < -0.4 is 9.47 Å². The molecule has 2 heterocycles. The highest BCUT2D eigenvalue weighted by Gasteiger charge is 2.67. The number of aromatic hydroxyl groups is 1. The minimum absolute atomic E-state index is 0.0474. The van der Waals surface area contributed by atoms with Gasteiger partial charge in [-0.1, -0.05) is 74.9 Å². The lowest BCUT2D eigenvalue weighted by Gasteiger charge is -2.60. The minimum atomic E-state index is -0.427. The van der Waals surface area contributed by atoms with Gasteiger partial charge in [0.2, 0.25) is 5.91 Å². The summed E-state index contributed by atoms with van der Waals surface area (Å²) in [4.78, 5) is 31.5. The summed E-state index contributed by atoms with van der Waals surface area (Å²) in [5.41, 5.74) is 3.06. The van der Waals surface area contributed by atoms with E-state index in [1.165, 1.54) is 57.4 Å². The van der Waals surface area contributed by atoms with E-state index in [1.807, 2.05) is 6.08 Å². The molecule has 1 N–H and O–H groups in total. The zero-order valence-electron chi connectivity index (χ0n) is 29.5. The lowest BCUT2D eigenvalue weighted by Crippen LogP contribution is -2.69. The van der Waals surface area contributed by atoms with Crippen LogP contribution in [0, 0.1) is 11.8 Å². The van der Waals surface area contributed by atoms with Crippen LogP contribution in [0.1, 0.15) is 114 Å². The van der Waals surface area contributed by atoms with Crippen molar-refractivity contribution < 1.29 is 24.2 Å². The van der Waals surface area contributed by atoms with Crippen LogP contribution in [0.15, 0.2) is 49.1 Å². The molecule has 5 aliphatic rings. The number of esters is 1. The Morgan fingerprint density at radius 3 is 2.61 bits per heavy atom. The Morgan fingerprint density at radius 1 is 1.06 bits per heavy atom. The van der Waals surface area contributed by atoms with Gasteiger partial charge in [0.05, 0.1) is 6.04 Å². The van der Waals surface area contributed by atoms with E-state index in [4.69, 9.17) is 9.47 Å². The molecule has 3 aliphatic carbocycles. The molecule has 2 aliphatic heterocycles. The summed E-state index contributed by atoms with van der Waals surface area (Å²) >= 11 is 0. The van der Waals surface area contributed by atoms with E-state index in [9.17, 15) is 14.7 Å². The number of benzene rings is 2. The van der Waals surface area contributed by atoms with Crippen LogP contribution in [-0.4, -0.2) is 64.6 Å². The number of carbonyl (C=O) groups is 2. The number of rotatable bonds is 14. The van der Waals surface area contributed by atoms with Gasteiger partial charge in [-0.3, -0.25) is 14.5 Å². The summed E-state index contributed by atoms with van der Waals surface area (Å²) in [5.74, 6) is 1.83. The number of nitrogens with zero attached hydrogens (tertiary/aromatic N) is 2. The molecule has 7 nitrogen and oxygen atoms in total. The number of amides is 1. The number of hydrogen-bond donors (Lipinski definition) is 1. The first kappa shape index (κ1) is 34.1. The largest absolute Gasteiger partial charge is 0.508 e. The van der Waals surface area contributed by atoms with E-state index >= 15 is 0 Å². The van der Waals surface area contributed by atoms with Gasteiger partial charge in [0.1, 0.15) is 11.9 Å². The van der Waals surface area contributed by atoms with Gasteiger partial charge in [-0.05, 0) is 81.7 Å². The first-order chi connectivity index (χ1) is 23.9. The van der Waals surface area contributed by atoms with Crippen molar-refractivity contribution in [3.63, 3.8) is 0 Å². The van der Waals surface area contributed by atoms with E-state index in [1.54, 1.807) is 6.07 Å². The molecule has 1 saturated heterocycles. The topological polar surface area (TPSA) is 79.3 Å². The normalized spacial score (nSPS) is 27.2. The number of likely N-dealkylation sites (tertiary alicyclic amines) is 1. The fraction of sp³-hybridized carbons (Fsp3) is 0.619. The van der Waals surface area contributed by atoms with Crippen LogP contribution in [0.4, 0.5) is 0 Å². The zero-order chi connectivity index (χ0) is 34.0. The monoisotopic (exact) mass is 668 g/mol. The molecule has 2 saturated carbocycles. The summed E-state index contributed by atoms with van der Waals surface area (Å²) in [7, 11) is 0. The van der Waals surface area contributed by atoms with E-state index in [0.29, 0.717) is 29.8 Å². The van der Waals surface area contributed by atoms with Crippen molar-refractivity contribution in [1.82, 2.24) is 9.80 Å². The van der Waals surface area contributed by atoms with Crippen molar-refractivity contribution in [2.24, 2.45) is 11.8 Å². The Bertz CT molecular complexity index is 1500. The van der Waals surface area contributed by atoms with Crippen molar-refractivity contribution in [2.75, 3.05) is 19.6 Å². The Morgan fingerprint density at radius 2 is 1.84 bits per heavy atom. The summed E-state index contributed by atoms with van der Waals surface area (Å²) in [5, 5.41) is 11.4. The third-order valence-corrected chi connectivity index (χ3v) is 12.7. The van der Waals surface area contributed by atoms with Gasteiger partial charge in [0.15, 0.2) is 11.5 Å². The van der Waals surface area contributed by atoms with E-state index in [-0.39, 0.29) is 35.3 Å². The maximum atomic E-state index is 14.4. The number of phenols is 1. The van der Waals surface area contributed by atoms with Crippen molar-refractivity contribution in [1.29, 1.82) is 0 Å². The molecule has 0 radical (unpaired) electrons.